The van der Waals surface area contributed by atoms with E-state index in [4.69, 9.17) is 4.74 Å². The molecule has 1 aliphatic rings. The third-order valence-corrected chi connectivity index (χ3v) is 4.01. The van der Waals surface area contributed by atoms with Crippen molar-refractivity contribution in [3.05, 3.63) is 0 Å². The Morgan fingerprint density at radius 3 is 2.71 bits per heavy atom. The van der Waals surface area contributed by atoms with Crippen LogP contribution in [0.2, 0.25) is 0 Å². The number of hydrogen-bond donors (Lipinski definition) is 1. The molecule has 1 aliphatic carbocycles. The minimum atomic E-state index is -0.600. The molecule has 0 bridgehead atoms. The zero-order valence-electron chi connectivity index (χ0n) is 11.4. The molecular formula is C14H26O3. The van der Waals surface area contributed by atoms with E-state index in [1.165, 1.54) is 0 Å². The highest BCUT2D eigenvalue weighted by atomic mass is 16.5. The van der Waals surface area contributed by atoms with Gasteiger partial charge < -0.3 is 9.84 Å². The van der Waals surface area contributed by atoms with Crippen molar-refractivity contribution in [3.63, 3.8) is 0 Å². The van der Waals surface area contributed by atoms with Gasteiger partial charge in [-0.1, -0.05) is 20.3 Å². The fraction of sp³-hybridized carbons (Fsp3) is 0.929. The van der Waals surface area contributed by atoms with Crippen molar-refractivity contribution in [2.24, 2.45) is 17.3 Å². The van der Waals surface area contributed by atoms with E-state index in [0.717, 1.165) is 45.1 Å². The first kappa shape index (κ1) is 14.5. The number of aliphatic carboxylic acids is 1. The smallest absolute Gasteiger partial charge is 0.306 e. The molecule has 1 rings (SSSR count). The second-order valence-corrected chi connectivity index (χ2v) is 6.10. The lowest BCUT2D eigenvalue weighted by Gasteiger charge is -2.39. The molecule has 100 valence electrons. The fourth-order valence-corrected chi connectivity index (χ4v) is 3.02. The molecule has 3 heteroatoms. The van der Waals surface area contributed by atoms with E-state index in [-0.39, 0.29) is 5.92 Å². The van der Waals surface area contributed by atoms with Crippen molar-refractivity contribution in [2.45, 2.75) is 52.4 Å². The van der Waals surface area contributed by atoms with E-state index in [1.807, 2.05) is 0 Å². The third-order valence-electron chi connectivity index (χ3n) is 4.01. The minimum Gasteiger partial charge on any atom is -0.481 e. The Kier molecular flexibility index (Phi) is 5.44. The van der Waals surface area contributed by atoms with E-state index < -0.39 is 5.97 Å². The first-order chi connectivity index (χ1) is 7.96. The SMILES string of the molecule is COCCCCC1CC(C)(C)CCC1C(=O)O. The fourth-order valence-electron chi connectivity index (χ4n) is 3.02. The summed E-state index contributed by atoms with van der Waals surface area (Å²) in [6.07, 6.45) is 6.09. The van der Waals surface area contributed by atoms with Crippen LogP contribution in [0.3, 0.4) is 0 Å². The molecule has 0 aliphatic heterocycles. The molecule has 1 fully saturated rings. The molecule has 0 aromatic carbocycles. The topological polar surface area (TPSA) is 46.5 Å². The highest BCUT2D eigenvalue weighted by molar-refractivity contribution is 5.70. The number of rotatable bonds is 6. The van der Waals surface area contributed by atoms with Crippen molar-refractivity contribution >= 4 is 5.97 Å². The van der Waals surface area contributed by atoms with Crippen molar-refractivity contribution in [2.75, 3.05) is 13.7 Å². The molecule has 0 amide bonds. The van der Waals surface area contributed by atoms with Gasteiger partial charge in [0.2, 0.25) is 0 Å². The Morgan fingerprint density at radius 2 is 2.12 bits per heavy atom. The van der Waals surface area contributed by atoms with Gasteiger partial charge in [-0.25, -0.2) is 0 Å². The summed E-state index contributed by atoms with van der Waals surface area (Å²) in [5.74, 6) is -0.365. The lowest BCUT2D eigenvalue weighted by atomic mass is 9.66. The second-order valence-electron chi connectivity index (χ2n) is 6.10. The molecule has 0 spiro atoms. The normalized spacial score (nSPS) is 27.9. The van der Waals surface area contributed by atoms with Crippen LogP contribution in [0.5, 0.6) is 0 Å². The van der Waals surface area contributed by atoms with Gasteiger partial charge in [-0.3, -0.25) is 4.79 Å². The number of carbonyl (C=O) groups is 1. The predicted octanol–water partition coefficient (Wildman–Crippen LogP) is 3.33. The molecule has 2 atom stereocenters. The van der Waals surface area contributed by atoms with Gasteiger partial charge in [-0.05, 0) is 43.4 Å². The lowest BCUT2D eigenvalue weighted by molar-refractivity contribution is -0.146. The van der Waals surface area contributed by atoms with Crippen LogP contribution < -0.4 is 0 Å². The van der Waals surface area contributed by atoms with Crippen LogP contribution in [0.15, 0.2) is 0 Å². The Labute approximate surface area is 105 Å². The summed E-state index contributed by atoms with van der Waals surface area (Å²) in [5.41, 5.74) is 0.317. The predicted molar refractivity (Wildman–Crippen MR) is 68.0 cm³/mol. The van der Waals surface area contributed by atoms with Gasteiger partial charge in [0.15, 0.2) is 0 Å². The van der Waals surface area contributed by atoms with E-state index in [1.54, 1.807) is 7.11 Å². The van der Waals surface area contributed by atoms with Crippen molar-refractivity contribution in [3.8, 4) is 0 Å². The first-order valence-electron chi connectivity index (χ1n) is 6.68. The molecular weight excluding hydrogens is 216 g/mol. The minimum absolute atomic E-state index is 0.120. The summed E-state index contributed by atoms with van der Waals surface area (Å²) in [6, 6.07) is 0. The summed E-state index contributed by atoms with van der Waals surface area (Å²) in [4.78, 5) is 11.2. The van der Waals surface area contributed by atoms with E-state index in [9.17, 15) is 9.90 Å². The zero-order chi connectivity index (χ0) is 12.9. The van der Waals surface area contributed by atoms with Crippen LogP contribution >= 0.6 is 0 Å². The summed E-state index contributed by atoms with van der Waals surface area (Å²) in [5, 5.41) is 9.26. The Bertz CT molecular complexity index is 248. The standard InChI is InChI=1S/C14H26O3/c1-14(2)8-7-12(13(15)16)11(10-14)6-4-5-9-17-3/h11-12H,4-10H2,1-3H3,(H,15,16). The highest BCUT2D eigenvalue weighted by Crippen LogP contribution is 2.43. The summed E-state index contributed by atoms with van der Waals surface area (Å²) in [6.45, 7) is 5.30. The van der Waals surface area contributed by atoms with Crippen LogP contribution in [-0.4, -0.2) is 24.8 Å². The largest absolute Gasteiger partial charge is 0.481 e. The highest BCUT2D eigenvalue weighted by Gasteiger charge is 2.37. The van der Waals surface area contributed by atoms with E-state index in [2.05, 4.69) is 13.8 Å². The van der Waals surface area contributed by atoms with Gasteiger partial charge in [0.25, 0.3) is 0 Å². The molecule has 0 saturated heterocycles. The second kappa shape index (κ2) is 6.39. The average molecular weight is 242 g/mol. The van der Waals surface area contributed by atoms with Crippen molar-refractivity contribution in [1.29, 1.82) is 0 Å². The molecule has 1 N–H and O–H groups in total. The molecule has 0 radical (unpaired) electrons. The molecule has 2 unspecified atom stereocenters. The molecule has 0 heterocycles. The summed E-state index contributed by atoms with van der Waals surface area (Å²) >= 11 is 0. The average Bonchev–Trinajstić information content (AvgIpc) is 2.23. The van der Waals surface area contributed by atoms with Gasteiger partial charge in [-0.2, -0.15) is 0 Å². The number of hydrogen-bond acceptors (Lipinski definition) is 2. The molecule has 0 aromatic heterocycles. The van der Waals surface area contributed by atoms with Crippen LogP contribution in [0.4, 0.5) is 0 Å². The Morgan fingerprint density at radius 1 is 1.41 bits per heavy atom. The van der Waals surface area contributed by atoms with Crippen molar-refractivity contribution in [1.82, 2.24) is 0 Å². The molecule has 1 saturated carbocycles. The molecule has 17 heavy (non-hydrogen) atoms. The lowest BCUT2D eigenvalue weighted by Crippen LogP contribution is -2.34. The van der Waals surface area contributed by atoms with Gasteiger partial charge in [0.1, 0.15) is 0 Å². The Hall–Kier alpha value is -0.570. The maximum absolute atomic E-state index is 11.2. The van der Waals surface area contributed by atoms with Gasteiger partial charge in [-0.15, -0.1) is 0 Å². The molecule has 0 aromatic rings. The quantitative estimate of drug-likeness (QED) is 0.727. The van der Waals surface area contributed by atoms with Crippen molar-refractivity contribution < 1.29 is 14.6 Å². The van der Waals surface area contributed by atoms with E-state index >= 15 is 0 Å². The van der Waals surface area contributed by atoms with Crippen LogP contribution in [-0.2, 0) is 9.53 Å². The van der Waals surface area contributed by atoms with Gasteiger partial charge in [0.05, 0.1) is 5.92 Å². The Balaban J connectivity index is 2.46. The number of ether oxygens (including phenoxy) is 1. The number of carboxylic acid groups (broad SMARTS) is 1. The zero-order valence-corrected chi connectivity index (χ0v) is 11.4. The summed E-state index contributed by atoms with van der Waals surface area (Å²) < 4.78 is 5.03. The monoisotopic (exact) mass is 242 g/mol. The van der Waals surface area contributed by atoms with E-state index in [0.29, 0.717) is 11.3 Å². The van der Waals surface area contributed by atoms with Crippen LogP contribution in [0, 0.1) is 17.3 Å². The number of carboxylic acids is 1. The third kappa shape index (κ3) is 4.66. The number of unbranched alkanes of at least 4 members (excludes halogenated alkanes) is 1. The first-order valence-corrected chi connectivity index (χ1v) is 6.68. The maximum Gasteiger partial charge on any atom is 0.306 e. The molecule has 3 nitrogen and oxygen atoms in total. The van der Waals surface area contributed by atoms with Gasteiger partial charge >= 0.3 is 5.97 Å². The summed E-state index contributed by atoms with van der Waals surface area (Å²) in [7, 11) is 1.71. The van der Waals surface area contributed by atoms with Gasteiger partial charge in [0, 0.05) is 13.7 Å². The maximum atomic E-state index is 11.2. The van der Waals surface area contributed by atoms with Crippen LogP contribution in [0.1, 0.15) is 52.4 Å². The number of methoxy groups -OCH3 is 1. The van der Waals surface area contributed by atoms with Crippen LogP contribution in [0.25, 0.3) is 0 Å².